The van der Waals surface area contributed by atoms with Crippen LogP contribution >= 0.6 is 11.6 Å². The van der Waals surface area contributed by atoms with Gasteiger partial charge in [0.15, 0.2) is 0 Å². The van der Waals surface area contributed by atoms with Crippen molar-refractivity contribution in [2.75, 3.05) is 0 Å². The molecule has 0 spiro atoms. The molecule has 4 nitrogen and oxygen atoms in total. The number of rotatable bonds is 5. The largest absolute Gasteiger partial charge is 0.481 e. The Labute approximate surface area is 129 Å². The summed E-state index contributed by atoms with van der Waals surface area (Å²) in [6.07, 6.45) is 1.23. The summed E-state index contributed by atoms with van der Waals surface area (Å²) in [6, 6.07) is 7.24. The Morgan fingerprint density at radius 3 is 2.19 bits per heavy atom. The number of aliphatic carboxylic acids is 1. The number of benzene rings is 1. The number of carboxylic acid groups (broad SMARTS) is 1. The molecule has 1 amide bonds. The first kappa shape index (κ1) is 15.8. The molecule has 1 aromatic carbocycles. The van der Waals surface area contributed by atoms with Crippen LogP contribution in [0.1, 0.15) is 38.3 Å². The second kappa shape index (κ2) is 6.48. The summed E-state index contributed by atoms with van der Waals surface area (Å²) in [4.78, 5) is 23.3. The number of halogens is 1. The quantitative estimate of drug-likeness (QED) is 0.877. The molecule has 114 valence electrons. The number of hydrogen-bond donors (Lipinski definition) is 2. The van der Waals surface area contributed by atoms with Crippen molar-refractivity contribution >= 4 is 23.5 Å². The lowest BCUT2D eigenvalue weighted by molar-refractivity contribution is -0.153. The van der Waals surface area contributed by atoms with Crippen molar-refractivity contribution in [2.24, 2.45) is 17.8 Å². The standard InChI is InChI=1S/C16H20ClNO3/c1-9(2)14(10-3-5-11(17)6-4-10)18-15(19)12-7-8-13(12)16(20)21/h3-6,9,12-14H,7-8H2,1-2H3,(H,18,19)(H,20,21). The molecule has 1 aliphatic carbocycles. The lowest BCUT2D eigenvalue weighted by atomic mass is 9.73. The molecule has 0 aromatic heterocycles. The Balaban J connectivity index is 2.08. The van der Waals surface area contributed by atoms with E-state index in [0.29, 0.717) is 17.9 Å². The van der Waals surface area contributed by atoms with Crippen LogP contribution in [-0.4, -0.2) is 17.0 Å². The first-order valence-electron chi connectivity index (χ1n) is 7.18. The number of hydrogen-bond acceptors (Lipinski definition) is 2. The fourth-order valence-corrected chi connectivity index (χ4v) is 2.80. The van der Waals surface area contributed by atoms with Gasteiger partial charge < -0.3 is 10.4 Å². The maximum Gasteiger partial charge on any atom is 0.307 e. The van der Waals surface area contributed by atoms with Crippen LogP contribution in [0.4, 0.5) is 0 Å². The Morgan fingerprint density at radius 2 is 1.76 bits per heavy atom. The normalized spacial score (nSPS) is 22.5. The highest BCUT2D eigenvalue weighted by molar-refractivity contribution is 6.30. The average molecular weight is 310 g/mol. The van der Waals surface area contributed by atoms with Gasteiger partial charge in [-0.3, -0.25) is 9.59 Å². The van der Waals surface area contributed by atoms with Crippen LogP contribution in [-0.2, 0) is 9.59 Å². The molecule has 3 atom stereocenters. The van der Waals surface area contributed by atoms with E-state index in [1.54, 1.807) is 12.1 Å². The highest BCUT2D eigenvalue weighted by Crippen LogP contribution is 2.35. The maximum absolute atomic E-state index is 12.3. The van der Waals surface area contributed by atoms with Crippen molar-refractivity contribution in [3.63, 3.8) is 0 Å². The van der Waals surface area contributed by atoms with Crippen LogP contribution in [0.25, 0.3) is 0 Å². The minimum atomic E-state index is -0.881. The summed E-state index contributed by atoms with van der Waals surface area (Å²) in [5, 5.41) is 12.7. The van der Waals surface area contributed by atoms with Crippen molar-refractivity contribution < 1.29 is 14.7 Å². The number of amides is 1. The Kier molecular flexibility index (Phi) is 4.88. The third kappa shape index (κ3) is 3.56. The van der Waals surface area contributed by atoms with Crippen molar-refractivity contribution in [3.8, 4) is 0 Å². The molecule has 0 aliphatic heterocycles. The van der Waals surface area contributed by atoms with Crippen molar-refractivity contribution in [1.82, 2.24) is 5.32 Å². The molecule has 1 fully saturated rings. The van der Waals surface area contributed by atoms with Crippen molar-refractivity contribution in [3.05, 3.63) is 34.9 Å². The highest BCUT2D eigenvalue weighted by Gasteiger charge is 2.42. The van der Waals surface area contributed by atoms with Gasteiger partial charge in [-0.2, -0.15) is 0 Å². The molecule has 5 heteroatoms. The van der Waals surface area contributed by atoms with Gasteiger partial charge in [0.25, 0.3) is 0 Å². The third-order valence-electron chi connectivity index (χ3n) is 4.12. The SMILES string of the molecule is CC(C)C(NC(=O)C1CCC1C(=O)O)c1ccc(Cl)cc1. The van der Waals surface area contributed by atoms with E-state index in [1.165, 1.54) is 0 Å². The number of carbonyl (C=O) groups excluding carboxylic acids is 1. The van der Waals surface area contributed by atoms with E-state index < -0.39 is 17.8 Å². The first-order valence-corrected chi connectivity index (χ1v) is 7.56. The van der Waals surface area contributed by atoms with Crippen LogP contribution in [0.5, 0.6) is 0 Å². The Bertz CT molecular complexity index is 527. The topological polar surface area (TPSA) is 66.4 Å². The molecule has 1 aliphatic rings. The Morgan fingerprint density at radius 1 is 1.19 bits per heavy atom. The zero-order valence-electron chi connectivity index (χ0n) is 12.2. The number of carboxylic acids is 1. The summed E-state index contributed by atoms with van der Waals surface area (Å²) in [6.45, 7) is 4.05. The van der Waals surface area contributed by atoms with Crippen molar-refractivity contribution in [1.29, 1.82) is 0 Å². The van der Waals surface area contributed by atoms with Gasteiger partial charge in [-0.25, -0.2) is 0 Å². The van der Waals surface area contributed by atoms with Gasteiger partial charge in [0.05, 0.1) is 17.9 Å². The van der Waals surface area contributed by atoms with Gasteiger partial charge in [0.1, 0.15) is 0 Å². The van der Waals surface area contributed by atoms with Crippen molar-refractivity contribution in [2.45, 2.75) is 32.7 Å². The average Bonchev–Trinajstić information content (AvgIpc) is 2.34. The molecule has 2 rings (SSSR count). The van der Waals surface area contributed by atoms with Gasteiger partial charge in [0, 0.05) is 5.02 Å². The van der Waals surface area contributed by atoms with Gasteiger partial charge in [-0.05, 0) is 36.5 Å². The van der Waals surface area contributed by atoms with E-state index in [0.717, 1.165) is 5.56 Å². The molecular formula is C16H20ClNO3. The zero-order valence-corrected chi connectivity index (χ0v) is 12.9. The van der Waals surface area contributed by atoms with Crippen LogP contribution in [0.2, 0.25) is 5.02 Å². The Hall–Kier alpha value is -1.55. The minimum absolute atomic E-state index is 0.134. The summed E-state index contributed by atoms with van der Waals surface area (Å²) >= 11 is 5.89. The van der Waals surface area contributed by atoms with E-state index in [2.05, 4.69) is 5.32 Å². The van der Waals surface area contributed by atoms with Crippen LogP contribution in [0.15, 0.2) is 24.3 Å². The number of carbonyl (C=O) groups is 2. The second-order valence-electron chi connectivity index (χ2n) is 5.91. The predicted molar refractivity (Wildman–Crippen MR) is 81.0 cm³/mol. The van der Waals surface area contributed by atoms with E-state index in [1.807, 2.05) is 26.0 Å². The van der Waals surface area contributed by atoms with Crippen LogP contribution in [0.3, 0.4) is 0 Å². The van der Waals surface area contributed by atoms with Gasteiger partial charge in [-0.1, -0.05) is 37.6 Å². The monoisotopic (exact) mass is 309 g/mol. The molecule has 3 unspecified atom stereocenters. The zero-order chi connectivity index (χ0) is 15.6. The van der Waals surface area contributed by atoms with Crippen LogP contribution in [0, 0.1) is 17.8 Å². The number of nitrogens with one attached hydrogen (secondary N) is 1. The van der Waals surface area contributed by atoms with E-state index in [4.69, 9.17) is 16.7 Å². The van der Waals surface area contributed by atoms with E-state index >= 15 is 0 Å². The maximum atomic E-state index is 12.3. The summed E-state index contributed by atoms with van der Waals surface area (Å²) < 4.78 is 0. The first-order chi connectivity index (χ1) is 9.90. The molecular weight excluding hydrogens is 290 g/mol. The molecule has 0 radical (unpaired) electrons. The van der Waals surface area contributed by atoms with Gasteiger partial charge >= 0.3 is 5.97 Å². The molecule has 0 saturated heterocycles. The van der Waals surface area contributed by atoms with E-state index in [9.17, 15) is 9.59 Å². The second-order valence-corrected chi connectivity index (χ2v) is 6.35. The lowest BCUT2D eigenvalue weighted by Gasteiger charge is -2.34. The molecule has 1 aromatic rings. The molecule has 21 heavy (non-hydrogen) atoms. The minimum Gasteiger partial charge on any atom is -0.481 e. The summed E-state index contributed by atoms with van der Waals surface area (Å²) in [7, 11) is 0. The third-order valence-corrected chi connectivity index (χ3v) is 4.37. The lowest BCUT2D eigenvalue weighted by Crippen LogP contribution is -2.45. The van der Waals surface area contributed by atoms with Gasteiger partial charge in [0.2, 0.25) is 5.91 Å². The highest BCUT2D eigenvalue weighted by atomic mass is 35.5. The molecule has 0 bridgehead atoms. The van der Waals surface area contributed by atoms with E-state index in [-0.39, 0.29) is 17.9 Å². The molecule has 2 N–H and O–H groups in total. The fraction of sp³-hybridized carbons (Fsp3) is 0.500. The predicted octanol–water partition coefficient (Wildman–Crippen LogP) is 3.26. The summed E-state index contributed by atoms with van der Waals surface area (Å²) in [5.74, 6) is -1.78. The van der Waals surface area contributed by atoms with Crippen LogP contribution < -0.4 is 5.32 Å². The summed E-state index contributed by atoms with van der Waals surface area (Å²) in [5.41, 5.74) is 0.981. The fourth-order valence-electron chi connectivity index (χ4n) is 2.67. The molecule has 0 heterocycles. The van der Waals surface area contributed by atoms with Gasteiger partial charge in [-0.15, -0.1) is 0 Å². The smallest absolute Gasteiger partial charge is 0.307 e. The molecule has 1 saturated carbocycles.